The van der Waals surface area contributed by atoms with Crippen molar-refractivity contribution in [2.75, 3.05) is 13.1 Å². The maximum atomic E-state index is 11.8. The van der Waals surface area contributed by atoms with E-state index >= 15 is 0 Å². The largest absolute Gasteiger partial charge is 0.284 e. The summed E-state index contributed by atoms with van der Waals surface area (Å²) in [5, 5.41) is 2.03. The number of hydrazine groups is 1. The molecule has 1 fully saturated rings. The molecular weight excluding hydrogens is 208 g/mol. The second-order valence-electron chi connectivity index (χ2n) is 3.90. The Morgan fingerprint density at radius 1 is 1.33 bits per heavy atom. The maximum absolute atomic E-state index is 11.8. The van der Waals surface area contributed by atoms with Gasteiger partial charge in [0.1, 0.15) is 0 Å². The van der Waals surface area contributed by atoms with Gasteiger partial charge < -0.3 is 0 Å². The third kappa shape index (κ3) is 2.79. The van der Waals surface area contributed by atoms with Gasteiger partial charge in [-0.1, -0.05) is 6.42 Å². The highest BCUT2D eigenvalue weighted by Crippen LogP contribution is 2.15. The first-order chi connectivity index (χ1) is 7.25. The molecule has 1 aliphatic heterocycles. The SMILES string of the molecule is Cc1ccc(C(=O)NN2CCCCC2)s1. The van der Waals surface area contributed by atoms with E-state index in [-0.39, 0.29) is 5.91 Å². The van der Waals surface area contributed by atoms with Crippen LogP contribution in [-0.2, 0) is 0 Å². The summed E-state index contributed by atoms with van der Waals surface area (Å²) in [6.45, 7) is 3.98. The molecule has 15 heavy (non-hydrogen) atoms. The minimum atomic E-state index is 0.0370. The molecule has 1 amide bonds. The Kier molecular flexibility index (Phi) is 3.38. The Morgan fingerprint density at radius 3 is 2.67 bits per heavy atom. The van der Waals surface area contributed by atoms with Gasteiger partial charge in [0.2, 0.25) is 0 Å². The van der Waals surface area contributed by atoms with Crippen molar-refractivity contribution in [3.8, 4) is 0 Å². The third-order valence-corrected chi connectivity index (χ3v) is 3.58. The van der Waals surface area contributed by atoms with Crippen LogP contribution in [0.15, 0.2) is 12.1 Å². The lowest BCUT2D eigenvalue weighted by Gasteiger charge is -2.26. The predicted molar refractivity (Wildman–Crippen MR) is 61.9 cm³/mol. The van der Waals surface area contributed by atoms with Crippen molar-refractivity contribution >= 4 is 17.2 Å². The van der Waals surface area contributed by atoms with Crippen molar-refractivity contribution in [2.24, 2.45) is 0 Å². The van der Waals surface area contributed by atoms with Crippen molar-refractivity contribution in [2.45, 2.75) is 26.2 Å². The summed E-state index contributed by atoms with van der Waals surface area (Å²) < 4.78 is 0. The highest BCUT2D eigenvalue weighted by molar-refractivity contribution is 7.13. The van der Waals surface area contributed by atoms with Crippen molar-refractivity contribution in [3.05, 3.63) is 21.9 Å². The smallest absolute Gasteiger partial charge is 0.275 e. The Morgan fingerprint density at radius 2 is 2.07 bits per heavy atom. The molecule has 1 aromatic rings. The van der Waals surface area contributed by atoms with Gasteiger partial charge in [-0.3, -0.25) is 10.2 Å². The van der Waals surface area contributed by atoms with Gasteiger partial charge in [0.15, 0.2) is 0 Å². The minimum absolute atomic E-state index is 0.0370. The maximum Gasteiger partial charge on any atom is 0.275 e. The van der Waals surface area contributed by atoms with Crippen molar-refractivity contribution < 1.29 is 4.79 Å². The summed E-state index contributed by atoms with van der Waals surface area (Å²) in [5.74, 6) is 0.0370. The zero-order chi connectivity index (χ0) is 10.7. The molecule has 0 radical (unpaired) electrons. The molecule has 0 unspecified atom stereocenters. The lowest BCUT2D eigenvalue weighted by Crippen LogP contribution is -2.44. The minimum Gasteiger partial charge on any atom is -0.284 e. The number of aryl methyl sites for hydroxylation is 1. The van der Waals surface area contributed by atoms with E-state index in [0.29, 0.717) is 0 Å². The van der Waals surface area contributed by atoms with Gasteiger partial charge in [0.05, 0.1) is 4.88 Å². The molecule has 82 valence electrons. The number of carbonyl (C=O) groups excluding carboxylic acids is 1. The lowest BCUT2D eigenvalue weighted by molar-refractivity contribution is 0.0754. The number of hydrogen-bond acceptors (Lipinski definition) is 3. The van der Waals surface area contributed by atoms with Gasteiger partial charge in [-0.15, -0.1) is 11.3 Å². The van der Waals surface area contributed by atoms with Crippen molar-refractivity contribution in [1.29, 1.82) is 0 Å². The lowest BCUT2D eigenvalue weighted by atomic mass is 10.2. The molecule has 4 heteroatoms. The van der Waals surface area contributed by atoms with Gasteiger partial charge in [-0.2, -0.15) is 0 Å². The van der Waals surface area contributed by atoms with Gasteiger partial charge >= 0.3 is 0 Å². The molecular formula is C11H16N2OS. The number of hydrogen-bond donors (Lipinski definition) is 1. The summed E-state index contributed by atoms with van der Waals surface area (Å²) in [4.78, 5) is 13.8. The molecule has 3 nitrogen and oxygen atoms in total. The van der Waals surface area contributed by atoms with Crippen LogP contribution in [0.3, 0.4) is 0 Å². The second kappa shape index (κ2) is 4.77. The number of thiophene rings is 1. The fraction of sp³-hybridized carbons (Fsp3) is 0.545. The topological polar surface area (TPSA) is 32.3 Å². The predicted octanol–water partition coefficient (Wildman–Crippen LogP) is 2.19. The van der Waals surface area contributed by atoms with Gasteiger partial charge in [-0.25, -0.2) is 5.01 Å². The monoisotopic (exact) mass is 224 g/mol. The fourth-order valence-corrected chi connectivity index (χ4v) is 2.52. The molecule has 1 N–H and O–H groups in total. The van der Waals surface area contributed by atoms with E-state index < -0.39 is 0 Å². The summed E-state index contributed by atoms with van der Waals surface area (Å²) in [6, 6.07) is 3.87. The van der Waals surface area contributed by atoms with Gasteiger partial charge in [0.25, 0.3) is 5.91 Å². The number of nitrogens with zero attached hydrogens (tertiary/aromatic N) is 1. The molecule has 0 aromatic carbocycles. The molecule has 2 heterocycles. The summed E-state index contributed by atoms with van der Waals surface area (Å²) in [7, 11) is 0. The third-order valence-electron chi connectivity index (χ3n) is 2.58. The molecule has 0 atom stereocenters. The molecule has 1 aliphatic rings. The van der Waals surface area contributed by atoms with E-state index in [1.165, 1.54) is 24.1 Å². The summed E-state index contributed by atoms with van der Waals surface area (Å²) in [6.07, 6.45) is 3.65. The Hall–Kier alpha value is -0.870. The van der Waals surface area contributed by atoms with Crippen molar-refractivity contribution in [3.63, 3.8) is 0 Å². The average Bonchev–Trinajstić information content (AvgIpc) is 2.66. The highest BCUT2D eigenvalue weighted by Gasteiger charge is 2.14. The number of amides is 1. The van der Waals surface area contributed by atoms with E-state index in [9.17, 15) is 4.79 Å². The number of rotatable bonds is 2. The second-order valence-corrected chi connectivity index (χ2v) is 5.19. The first-order valence-corrected chi connectivity index (χ1v) is 6.20. The van der Waals surface area contributed by atoms with E-state index in [1.807, 2.05) is 24.1 Å². The Labute approximate surface area is 94.1 Å². The van der Waals surface area contributed by atoms with Crippen LogP contribution in [0.25, 0.3) is 0 Å². The van der Waals surface area contributed by atoms with Crippen LogP contribution < -0.4 is 5.43 Å². The van der Waals surface area contributed by atoms with Gasteiger partial charge in [0, 0.05) is 18.0 Å². The average molecular weight is 224 g/mol. The first kappa shape index (κ1) is 10.6. The number of piperidine rings is 1. The van der Waals surface area contributed by atoms with Crippen LogP contribution in [-0.4, -0.2) is 24.0 Å². The Bertz CT molecular complexity index is 342. The van der Waals surface area contributed by atoms with Crippen LogP contribution >= 0.6 is 11.3 Å². The Balaban J connectivity index is 1.91. The molecule has 1 saturated heterocycles. The molecule has 0 saturated carbocycles. The number of carbonyl (C=O) groups is 1. The zero-order valence-electron chi connectivity index (χ0n) is 8.95. The summed E-state index contributed by atoms with van der Waals surface area (Å²) >= 11 is 1.55. The van der Waals surface area contributed by atoms with Crippen LogP contribution in [0, 0.1) is 6.92 Å². The fourth-order valence-electron chi connectivity index (χ4n) is 1.76. The highest BCUT2D eigenvalue weighted by atomic mass is 32.1. The number of nitrogens with one attached hydrogen (secondary N) is 1. The standard InChI is InChI=1S/C11H16N2OS/c1-9-5-6-10(15-9)11(14)12-13-7-3-2-4-8-13/h5-6H,2-4,7-8H2,1H3,(H,12,14). The van der Waals surface area contributed by atoms with Crippen LogP contribution in [0.5, 0.6) is 0 Å². The molecule has 2 rings (SSSR count). The van der Waals surface area contributed by atoms with E-state index in [4.69, 9.17) is 0 Å². The van der Waals surface area contributed by atoms with Gasteiger partial charge in [-0.05, 0) is 31.9 Å². The molecule has 1 aromatic heterocycles. The quantitative estimate of drug-likeness (QED) is 0.835. The summed E-state index contributed by atoms with van der Waals surface area (Å²) in [5.41, 5.74) is 2.95. The van der Waals surface area contributed by atoms with Crippen LogP contribution in [0.1, 0.15) is 33.8 Å². The zero-order valence-corrected chi connectivity index (χ0v) is 9.77. The van der Waals surface area contributed by atoms with E-state index in [2.05, 4.69) is 5.43 Å². The first-order valence-electron chi connectivity index (χ1n) is 5.38. The molecule has 0 bridgehead atoms. The molecule has 0 aliphatic carbocycles. The van der Waals surface area contributed by atoms with Crippen LogP contribution in [0.4, 0.5) is 0 Å². The van der Waals surface area contributed by atoms with Crippen molar-refractivity contribution in [1.82, 2.24) is 10.4 Å². The normalized spacial score (nSPS) is 17.7. The van der Waals surface area contributed by atoms with E-state index in [0.717, 1.165) is 18.0 Å². The van der Waals surface area contributed by atoms with E-state index in [1.54, 1.807) is 11.3 Å². The van der Waals surface area contributed by atoms with Crippen LogP contribution in [0.2, 0.25) is 0 Å². The molecule has 0 spiro atoms.